The Labute approximate surface area is 429 Å². The summed E-state index contributed by atoms with van der Waals surface area (Å²) in [6, 6.07) is 56.6. The number of aryl methyl sites for hydroxylation is 6. The normalized spacial score (nSPS) is 8.11. The van der Waals surface area contributed by atoms with Gasteiger partial charge in [-0.05, 0) is 0 Å². The molecule has 303 valence electrons. The molecule has 6 rings (SSSR count). The van der Waals surface area contributed by atoms with Gasteiger partial charge in [0.05, 0.1) is 0 Å². The topological polar surface area (TPSA) is 0 Å². The fourth-order valence-electron chi connectivity index (χ4n) is 4.30. The summed E-state index contributed by atoms with van der Waals surface area (Å²) in [6.07, 6.45) is 0. The van der Waals surface area contributed by atoms with E-state index in [1.54, 1.807) is 0 Å². The molecule has 0 aliphatic rings. The number of rotatable bonds is 3. The Hall–Kier alpha value is -1.37. The van der Waals surface area contributed by atoms with Crippen LogP contribution in [0.25, 0.3) is 33.4 Å². The van der Waals surface area contributed by atoms with Crippen molar-refractivity contribution >= 4 is 0 Å². The van der Waals surface area contributed by atoms with Crippen molar-refractivity contribution in [2.75, 3.05) is 0 Å². The Morgan fingerprint density at radius 2 is 0.614 bits per heavy atom. The van der Waals surface area contributed by atoms with Gasteiger partial charge in [-0.25, -0.2) is 33.4 Å². The van der Waals surface area contributed by atoms with E-state index in [1.807, 2.05) is 107 Å². The van der Waals surface area contributed by atoms with Crippen LogP contribution < -0.4 is 0 Å². The van der Waals surface area contributed by atoms with Gasteiger partial charge < -0.3 is 0 Å². The zero-order valence-electron chi connectivity index (χ0n) is 39.1. The van der Waals surface area contributed by atoms with Gasteiger partial charge in [-0.1, -0.05) is 125 Å². The van der Waals surface area contributed by atoms with Crippen LogP contribution in [0.1, 0.15) is 116 Å². The summed E-state index contributed by atoms with van der Waals surface area (Å²) >= 11 is 0. The average molecular weight is 988 g/mol. The molecule has 57 heavy (non-hydrogen) atoms. The molecule has 0 nitrogen and oxygen atoms in total. The van der Waals surface area contributed by atoms with Crippen LogP contribution in [0.5, 0.6) is 0 Å². The minimum absolute atomic E-state index is 0. The fraction of sp³-hybridized carbons (Fsp3) is 0.333. The molecular weight excluding hydrogens is 915 g/mol. The van der Waals surface area contributed by atoms with Crippen molar-refractivity contribution in [3.05, 3.63) is 179 Å². The monoisotopic (exact) mass is 987 g/mol. The predicted octanol–water partition coefficient (Wildman–Crippen LogP) is 16.9. The molecule has 0 spiro atoms. The van der Waals surface area contributed by atoms with Crippen molar-refractivity contribution in [1.29, 1.82) is 0 Å². The van der Waals surface area contributed by atoms with Crippen LogP contribution in [0.2, 0.25) is 0 Å². The molecule has 3 radical (unpaired) electrons. The SMILES string of the molecule is CC.CC.CC.CC.CC.CC.Cc1[c-]c(-c2[c-]c(C)ccc2)ccc1.Cc1c[c-]c(-c2[c-]cc(C)cc2)cc1.Cc1cc[c-]c(-c2[c-]ccc(C)c2)c1.[Y].[Y].[Y]. The van der Waals surface area contributed by atoms with Gasteiger partial charge in [-0.2, -0.15) is 121 Å². The molecule has 3 heteroatoms. The summed E-state index contributed by atoms with van der Waals surface area (Å²) in [6.45, 7) is 36.4. The standard InChI is InChI=1S/3C14H12.6C2H6.3Y/c1-11-3-7-13(8-4-11)14-9-5-12(2)6-10-14;2*1-11-5-3-7-13(9-11)14-8-4-6-12(2)10-14;6*1-2;;;/h3-7,9H,1-2H3;3-6,9-10H,1-2H3;3-8H,1-2H3;6*1-2H3;;;/q3*-2;;;;;;;;;. The van der Waals surface area contributed by atoms with Gasteiger partial charge in [-0.15, -0.1) is 57.6 Å². The third kappa shape index (κ3) is 30.3. The molecule has 0 unspecified atom stereocenters. The molecular formula is C54H72Y3-6. The zero-order valence-corrected chi connectivity index (χ0v) is 47.6. The zero-order chi connectivity index (χ0) is 41.9. The van der Waals surface area contributed by atoms with Gasteiger partial charge in [0.15, 0.2) is 0 Å². The van der Waals surface area contributed by atoms with Gasteiger partial charge in [0, 0.05) is 98.1 Å². The molecule has 0 aliphatic carbocycles. The second-order valence-corrected chi connectivity index (χ2v) is 10.6. The van der Waals surface area contributed by atoms with E-state index in [2.05, 4.69) is 163 Å². The van der Waals surface area contributed by atoms with Crippen molar-refractivity contribution in [3.8, 4) is 33.4 Å². The maximum atomic E-state index is 3.32. The van der Waals surface area contributed by atoms with E-state index in [0.717, 1.165) is 44.5 Å². The molecule has 0 saturated heterocycles. The van der Waals surface area contributed by atoms with E-state index in [0.29, 0.717) is 0 Å². The minimum atomic E-state index is 0. The van der Waals surface area contributed by atoms with Crippen LogP contribution in [0.15, 0.2) is 109 Å². The molecule has 6 aromatic carbocycles. The molecule has 0 heterocycles. The first-order chi connectivity index (χ1) is 26.3. The van der Waals surface area contributed by atoms with Crippen LogP contribution in [-0.4, -0.2) is 0 Å². The molecule has 0 saturated carbocycles. The summed E-state index contributed by atoms with van der Waals surface area (Å²) in [5, 5.41) is 0. The average Bonchev–Trinajstić information content (AvgIpc) is 3.24. The van der Waals surface area contributed by atoms with E-state index in [4.69, 9.17) is 0 Å². The molecule has 0 aromatic heterocycles. The Kier molecular flexibility index (Phi) is 54.1. The quantitative estimate of drug-likeness (QED) is 0.155. The first kappa shape index (κ1) is 67.4. The first-order valence-corrected chi connectivity index (χ1v) is 20.2. The van der Waals surface area contributed by atoms with Crippen molar-refractivity contribution in [2.24, 2.45) is 0 Å². The van der Waals surface area contributed by atoms with Crippen molar-refractivity contribution in [1.82, 2.24) is 0 Å². The van der Waals surface area contributed by atoms with E-state index >= 15 is 0 Å². The minimum Gasteiger partial charge on any atom is -0.226 e. The Bertz CT molecular complexity index is 1500. The summed E-state index contributed by atoms with van der Waals surface area (Å²) in [4.78, 5) is 0. The van der Waals surface area contributed by atoms with Crippen LogP contribution in [0.3, 0.4) is 0 Å². The van der Waals surface area contributed by atoms with Crippen LogP contribution in [-0.2, 0) is 98.1 Å². The van der Waals surface area contributed by atoms with Gasteiger partial charge in [0.2, 0.25) is 0 Å². The maximum Gasteiger partial charge on any atom is 0 e. The second kappa shape index (κ2) is 45.7. The molecule has 0 bridgehead atoms. The van der Waals surface area contributed by atoms with Crippen LogP contribution >= 0.6 is 0 Å². The van der Waals surface area contributed by atoms with E-state index in [1.165, 1.54) is 22.3 Å². The molecule has 0 fully saturated rings. The largest absolute Gasteiger partial charge is 0.226 e. The molecule has 0 N–H and O–H groups in total. The van der Waals surface area contributed by atoms with Crippen molar-refractivity contribution in [3.63, 3.8) is 0 Å². The number of hydrogen-bond donors (Lipinski definition) is 0. The summed E-state index contributed by atoms with van der Waals surface area (Å²) in [5.41, 5.74) is 14.0. The van der Waals surface area contributed by atoms with Crippen LogP contribution in [0.4, 0.5) is 0 Å². The summed E-state index contributed by atoms with van der Waals surface area (Å²) in [7, 11) is 0. The maximum absolute atomic E-state index is 3.32. The van der Waals surface area contributed by atoms with Gasteiger partial charge >= 0.3 is 0 Å². The molecule has 0 atom stereocenters. The van der Waals surface area contributed by atoms with E-state index < -0.39 is 0 Å². The summed E-state index contributed by atoms with van der Waals surface area (Å²) in [5.74, 6) is 0. The smallest absolute Gasteiger partial charge is 0 e. The Balaban J connectivity index is -0.000000147. The predicted molar refractivity (Wildman–Crippen MR) is 245 cm³/mol. The Morgan fingerprint density at radius 1 is 0.298 bits per heavy atom. The molecule has 0 aliphatic heterocycles. The Morgan fingerprint density at radius 3 is 0.860 bits per heavy atom. The van der Waals surface area contributed by atoms with E-state index in [-0.39, 0.29) is 98.1 Å². The van der Waals surface area contributed by atoms with Gasteiger partial charge in [-0.3, -0.25) is 0 Å². The van der Waals surface area contributed by atoms with Crippen molar-refractivity contribution in [2.45, 2.75) is 125 Å². The van der Waals surface area contributed by atoms with Crippen molar-refractivity contribution < 1.29 is 98.1 Å². The van der Waals surface area contributed by atoms with Gasteiger partial charge in [0.25, 0.3) is 0 Å². The molecule has 0 amide bonds. The third-order valence-corrected chi connectivity index (χ3v) is 6.60. The van der Waals surface area contributed by atoms with Gasteiger partial charge in [0.1, 0.15) is 0 Å². The number of benzene rings is 6. The first-order valence-electron chi connectivity index (χ1n) is 20.2. The van der Waals surface area contributed by atoms with Crippen LogP contribution in [0, 0.1) is 77.9 Å². The number of hydrogen-bond acceptors (Lipinski definition) is 0. The van der Waals surface area contributed by atoms with E-state index in [9.17, 15) is 0 Å². The summed E-state index contributed by atoms with van der Waals surface area (Å²) < 4.78 is 0. The fourth-order valence-corrected chi connectivity index (χ4v) is 4.30. The molecule has 6 aromatic rings. The third-order valence-electron chi connectivity index (χ3n) is 6.60. The second-order valence-electron chi connectivity index (χ2n) is 10.6.